The molecule has 1 N–H and O–H groups in total. The number of amides is 1. The number of carbonyl (C=O) groups excluding carboxylic acids is 1. The second-order valence-corrected chi connectivity index (χ2v) is 6.34. The number of nitrogens with zero attached hydrogens (tertiary/aromatic N) is 2. The van der Waals surface area contributed by atoms with Crippen LogP contribution in [0.4, 0.5) is 5.69 Å². The van der Waals surface area contributed by atoms with Gasteiger partial charge in [-0.05, 0) is 24.3 Å². The van der Waals surface area contributed by atoms with Gasteiger partial charge in [0.25, 0.3) is 5.91 Å². The van der Waals surface area contributed by atoms with Crippen LogP contribution < -0.4 is 5.32 Å². The third-order valence-electron chi connectivity index (χ3n) is 2.40. The summed E-state index contributed by atoms with van der Waals surface area (Å²) in [5, 5.41) is 9.83. The van der Waals surface area contributed by atoms with E-state index in [2.05, 4.69) is 15.5 Å². The molecule has 1 amide bonds. The van der Waals surface area contributed by atoms with E-state index in [1.165, 1.54) is 24.3 Å². The molecular formula is C12H10ClN3O3S. The van der Waals surface area contributed by atoms with Crippen molar-refractivity contribution in [2.24, 2.45) is 0 Å². The van der Waals surface area contributed by atoms with Gasteiger partial charge >= 0.3 is 0 Å². The maximum Gasteiger partial charge on any atom is 0.276 e. The summed E-state index contributed by atoms with van der Waals surface area (Å²) in [5.74, 6) is -0.565. The van der Waals surface area contributed by atoms with E-state index in [1.54, 1.807) is 12.1 Å². The summed E-state index contributed by atoms with van der Waals surface area (Å²) in [6.07, 6.45) is 1.07. The predicted octanol–water partition coefficient (Wildman–Crippen LogP) is 1.79. The first-order valence-corrected chi connectivity index (χ1v) is 7.74. The largest absolute Gasteiger partial charge is 0.319 e. The third kappa shape index (κ3) is 3.31. The molecule has 1 heterocycles. The first-order valence-electron chi connectivity index (χ1n) is 5.47. The first kappa shape index (κ1) is 14.4. The van der Waals surface area contributed by atoms with Crippen LogP contribution in [0, 0.1) is 0 Å². The van der Waals surface area contributed by atoms with E-state index in [9.17, 15) is 13.2 Å². The van der Waals surface area contributed by atoms with Crippen molar-refractivity contribution in [2.45, 2.75) is 4.90 Å². The monoisotopic (exact) mass is 311 g/mol. The molecule has 0 bridgehead atoms. The normalized spacial score (nSPS) is 11.1. The van der Waals surface area contributed by atoms with E-state index in [0.717, 1.165) is 6.26 Å². The molecule has 0 atom stereocenters. The molecule has 0 fully saturated rings. The lowest BCUT2D eigenvalue weighted by Gasteiger charge is -2.08. The molecule has 0 saturated carbocycles. The van der Waals surface area contributed by atoms with Crippen molar-refractivity contribution in [3.05, 3.63) is 47.2 Å². The van der Waals surface area contributed by atoms with Gasteiger partial charge in [0.05, 0.1) is 10.6 Å². The number of carbonyl (C=O) groups is 1. The molecule has 104 valence electrons. The molecule has 2 rings (SSSR count). The van der Waals surface area contributed by atoms with Crippen LogP contribution in [0.5, 0.6) is 0 Å². The van der Waals surface area contributed by atoms with Crippen LogP contribution in [0.15, 0.2) is 41.3 Å². The van der Waals surface area contributed by atoms with Gasteiger partial charge < -0.3 is 5.32 Å². The first-order chi connectivity index (χ1) is 9.38. The number of sulfone groups is 1. The second-order valence-electron chi connectivity index (χ2n) is 3.96. The minimum absolute atomic E-state index is 0.0373. The van der Waals surface area contributed by atoms with Gasteiger partial charge in [-0.3, -0.25) is 4.79 Å². The quantitative estimate of drug-likeness (QED) is 0.933. The summed E-state index contributed by atoms with van der Waals surface area (Å²) in [6.45, 7) is 0. The summed E-state index contributed by atoms with van der Waals surface area (Å²) in [4.78, 5) is 12.0. The average molecular weight is 312 g/mol. The maximum atomic E-state index is 12.0. The lowest BCUT2D eigenvalue weighted by atomic mass is 10.3. The van der Waals surface area contributed by atoms with Crippen molar-refractivity contribution < 1.29 is 13.2 Å². The Hall–Kier alpha value is -1.99. The number of rotatable bonds is 3. The molecule has 0 unspecified atom stereocenters. The summed E-state index contributed by atoms with van der Waals surface area (Å²) < 4.78 is 23.2. The van der Waals surface area contributed by atoms with Crippen molar-refractivity contribution in [2.75, 3.05) is 11.6 Å². The number of hydrogen-bond donors (Lipinski definition) is 1. The molecule has 0 aliphatic rings. The highest BCUT2D eigenvalue weighted by molar-refractivity contribution is 7.90. The average Bonchev–Trinajstić information content (AvgIpc) is 2.38. The van der Waals surface area contributed by atoms with Crippen molar-refractivity contribution in [3.63, 3.8) is 0 Å². The van der Waals surface area contributed by atoms with E-state index < -0.39 is 15.7 Å². The van der Waals surface area contributed by atoms with Crippen molar-refractivity contribution in [3.8, 4) is 0 Å². The van der Waals surface area contributed by atoms with Crippen molar-refractivity contribution in [1.29, 1.82) is 0 Å². The van der Waals surface area contributed by atoms with Gasteiger partial charge in [0.1, 0.15) is 0 Å². The topological polar surface area (TPSA) is 89.0 Å². The zero-order chi connectivity index (χ0) is 14.8. The minimum Gasteiger partial charge on any atom is -0.319 e. The number of nitrogens with one attached hydrogen (secondary N) is 1. The fraction of sp³-hybridized carbons (Fsp3) is 0.0833. The standard InChI is InChI=1S/C12H10ClN3O3S/c1-20(18,19)10-5-3-2-4-8(10)14-12(17)9-6-7-11(13)16-15-9/h2-7H,1H3,(H,14,17). The van der Waals surface area contributed by atoms with Gasteiger partial charge in [-0.1, -0.05) is 23.7 Å². The molecule has 6 nitrogen and oxygen atoms in total. The van der Waals surface area contributed by atoms with Gasteiger partial charge in [0.2, 0.25) is 0 Å². The zero-order valence-corrected chi connectivity index (χ0v) is 11.9. The van der Waals surface area contributed by atoms with Gasteiger partial charge in [0.15, 0.2) is 20.7 Å². The van der Waals surface area contributed by atoms with Crippen LogP contribution in [0.25, 0.3) is 0 Å². The van der Waals surface area contributed by atoms with Gasteiger partial charge in [0, 0.05) is 6.26 Å². The Morgan fingerprint density at radius 1 is 1.15 bits per heavy atom. The van der Waals surface area contributed by atoms with E-state index in [4.69, 9.17) is 11.6 Å². The molecule has 8 heteroatoms. The van der Waals surface area contributed by atoms with Crippen LogP contribution in [0.1, 0.15) is 10.5 Å². The second kappa shape index (κ2) is 5.56. The van der Waals surface area contributed by atoms with E-state index >= 15 is 0 Å². The van der Waals surface area contributed by atoms with Crippen LogP contribution in [0.2, 0.25) is 5.15 Å². The summed E-state index contributed by atoms with van der Waals surface area (Å²) in [6, 6.07) is 8.93. The molecule has 2 aromatic rings. The number of hydrogen-bond acceptors (Lipinski definition) is 5. The Labute approximate surface area is 120 Å². The van der Waals surface area contributed by atoms with Gasteiger partial charge in [-0.15, -0.1) is 10.2 Å². The fourth-order valence-corrected chi connectivity index (χ4v) is 2.46. The molecular weight excluding hydrogens is 302 g/mol. The van der Waals surface area contributed by atoms with Crippen molar-refractivity contribution in [1.82, 2.24) is 10.2 Å². The van der Waals surface area contributed by atoms with E-state index in [-0.39, 0.29) is 21.4 Å². The highest BCUT2D eigenvalue weighted by Crippen LogP contribution is 2.21. The van der Waals surface area contributed by atoms with Crippen LogP contribution in [-0.2, 0) is 9.84 Å². The molecule has 0 radical (unpaired) electrons. The highest BCUT2D eigenvalue weighted by atomic mass is 35.5. The number of para-hydroxylation sites is 1. The molecule has 1 aromatic carbocycles. The SMILES string of the molecule is CS(=O)(=O)c1ccccc1NC(=O)c1ccc(Cl)nn1. The summed E-state index contributed by atoms with van der Waals surface area (Å²) >= 11 is 5.58. The minimum atomic E-state index is -3.44. The molecule has 0 spiro atoms. The predicted molar refractivity (Wildman–Crippen MR) is 74.5 cm³/mol. The lowest BCUT2D eigenvalue weighted by molar-refractivity contribution is 0.102. The summed E-state index contributed by atoms with van der Waals surface area (Å²) in [7, 11) is -3.44. The fourth-order valence-electron chi connectivity index (χ4n) is 1.52. The van der Waals surface area contributed by atoms with Crippen LogP contribution in [0.3, 0.4) is 0 Å². The van der Waals surface area contributed by atoms with Gasteiger partial charge in [-0.2, -0.15) is 0 Å². The molecule has 1 aromatic heterocycles. The molecule has 0 aliphatic carbocycles. The zero-order valence-electron chi connectivity index (χ0n) is 10.4. The third-order valence-corrected chi connectivity index (χ3v) is 3.76. The van der Waals surface area contributed by atoms with Crippen molar-refractivity contribution >= 4 is 33.0 Å². The molecule has 20 heavy (non-hydrogen) atoms. The number of benzene rings is 1. The Morgan fingerprint density at radius 2 is 1.85 bits per heavy atom. The Balaban J connectivity index is 2.31. The number of halogens is 1. The Bertz CT molecular complexity index is 745. The van der Waals surface area contributed by atoms with E-state index in [0.29, 0.717) is 0 Å². The molecule has 0 aliphatic heterocycles. The van der Waals surface area contributed by atoms with E-state index in [1.807, 2.05) is 0 Å². The Morgan fingerprint density at radius 3 is 2.45 bits per heavy atom. The molecule has 0 saturated heterocycles. The smallest absolute Gasteiger partial charge is 0.276 e. The lowest BCUT2D eigenvalue weighted by Crippen LogP contribution is -2.16. The maximum absolute atomic E-state index is 12.0. The van der Waals surface area contributed by atoms with Gasteiger partial charge in [-0.25, -0.2) is 8.42 Å². The Kier molecular flexibility index (Phi) is 4.01. The number of anilines is 1. The van der Waals surface area contributed by atoms with Crippen LogP contribution in [-0.4, -0.2) is 30.8 Å². The highest BCUT2D eigenvalue weighted by Gasteiger charge is 2.16. The van der Waals surface area contributed by atoms with Crippen LogP contribution >= 0.6 is 11.6 Å². The number of aromatic nitrogens is 2. The summed E-state index contributed by atoms with van der Waals surface area (Å²) in [5.41, 5.74) is 0.231.